The minimum absolute atomic E-state index is 0.0632. The first-order chi connectivity index (χ1) is 12.3. The summed E-state index contributed by atoms with van der Waals surface area (Å²) in [5.41, 5.74) is 0.0627. The molecule has 0 spiro atoms. The summed E-state index contributed by atoms with van der Waals surface area (Å²) in [6.45, 7) is 10.1. The number of carbonyl (C=O) groups excluding carboxylic acids is 1. The number of carbonyl (C=O) groups is 1. The van der Waals surface area contributed by atoms with Crippen LogP contribution < -0.4 is 10.9 Å². The van der Waals surface area contributed by atoms with E-state index in [1.165, 1.54) is 6.07 Å². The lowest BCUT2D eigenvalue weighted by molar-refractivity contribution is 0.0731. The van der Waals surface area contributed by atoms with Crippen LogP contribution in [0.25, 0.3) is 0 Å². The highest BCUT2D eigenvalue weighted by Crippen LogP contribution is 2.30. The van der Waals surface area contributed by atoms with Crippen molar-refractivity contribution in [3.05, 3.63) is 28.4 Å². The number of rotatable bonds is 2. The highest BCUT2D eigenvalue weighted by atomic mass is 16.2. The Hall–Kier alpha value is -1.89. The standard InChI is InChI=1S/C19H31N5O2/c1-19(2,3)24-12-10-23(11-13-24)18(26)21-15-6-4-14(5-7-15)17-20-9-8-16(25)22-17/h8-9,14-15H,4-7,10-13H2,1-3H3,(H,21,26)(H,20,22,25). The van der Waals surface area contributed by atoms with Gasteiger partial charge in [0, 0.05) is 55.9 Å². The van der Waals surface area contributed by atoms with Gasteiger partial charge in [0.05, 0.1) is 0 Å². The van der Waals surface area contributed by atoms with Gasteiger partial charge < -0.3 is 15.2 Å². The molecule has 1 aliphatic heterocycles. The van der Waals surface area contributed by atoms with Crippen molar-refractivity contribution in [3.63, 3.8) is 0 Å². The van der Waals surface area contributed by atoms with E-state index in [-0.39, 0.29) is 29.1 Å². The summed E-state index contributed by atoms with van der Waals surface area (Å²) in [6, 6.07) is 1.72. The van der Waals surface area contributed by atoms with Crippen molar-refractivity contribution >= 4 is 6.03 Å². The lowest BCUT2D eigenvalue weighted by Crippen LogP contribution is -2.57. The predicted molar refractivity (Wildman–Crippen MR) is 101 cm³/mol. The van der Waals surface area contributed by atoms with Gasteiger partial charge in [-0.3, -0.25) is 9.69 Å². The number of urea groups is 1. The first kappa shape index (κ1) is 18.9. The fraction of sp³-hybridized carbons (Fsp3) is 0.737. The Bertz CT molecular complexity index is 665. The minimum atomic E-state index is -0.0974. The van der Waals surface area contributed by atoms with E-state index in [0.29, 0.717) is 0 Å². The van der Waals surface area contributed by atoms with Crippen LogP contribution in [0.2, 0.25) is 0 Å². The summed E-state index contributed by atoms with van der Waals surface area (Å²) < 4.78 is 0. The summed E-state index contributed by atoms with van der Waals surface area (Å²) >= 11 is 0. The molecule has 7 heteroatoms. The first-order valence-corrected chi connectivity index (χ1v) is 9.68. The number of piperazine rings is 1. The zero-order chi connectivity index (χ0) is 18.7. The highest BCUT2D eigenvalue weighted by molar-refractivity contribution is 5.74. The Balaban J connectivity index is 1.45. The van der Waals surface area contributed by atoms with Crippen molar-refractivity contribution in [2.24, 2.45) is 0 Å². The van der Waals surface area contributed by atoms with Crippen LogP contribution >= 0.6 is 0 Å². The summed E-state index contributed by atoms with van der Waals surface area (Å²) in [6.07, 6.45) is 5.30. The van der Waals surface area contributed by atoms with Crippen molar-refractivity contribution in [3.8, 4) is 0 Å². The lowest BCUT2D eigenvalue weighted by Gasteiger charge is -2.42. The third kappa shape index (κ3) is 4.63. The van der Waals surface area contributed by atoms with Crippen molar-refractivity contribution in [1.29, 1.82) is 0 Å². The highest BCUT2D eigenvalue weighted by Gasteiger charge is 2.30. The Morgan fingerprint density at radius 1 is 1.15 bits per heavy atom. The number of amides is 2. The lowest BCUT2D eigenvalue weighted by atomic mass is 9.85. The molecule has 144 valence electrons. The Labute approximate surface area is 155 Å². The number of aromatic nitrogens is 2. The number of hydrogen-bond donors (Lipinski definition) is 2. The van der Waals surface area contributed by atoms with Gasteiger partial charge in [0.2, 0.25) is 0 Å². The number of hydrogen-bond acceptors (Lipinski definition) is 4. The molecule has 2 aliphatic rings. The molecule has 0 atom stereocenters. The van der Waals surface area contributed by atoms with Crippen LogP contribution in [0, 0.1) is 0 Å². The molecule has 0 bridgehead atoms. The molecular formula is C19H31N5O2. The molecule has 0 aromatic carbocycles. The van der Waals surface area contributed by atoms with E-state index in [4.69, 9.17) is 0 Å². The molecule has 1 aromatic rings. The third-order valence-corrected chi connectivity index (χ3v) is 5.65. The van der Waals surface area contributed by atoms with E-state index in [2.05, 4.69) is 41.0 Å². The van der Waals surface area contributed by atoms with Crippen LogP contribution in [0.1, 0.15) is 58.2 Å². The molecule has 1 saturated carbocycles. The zero-order valence-corrected chi connectivity index (χ0v) is 16.1. The van der Waals surface area contributed by atoms with E-state index in [1.807, 2.05) is 4.90 Å². The second-order valence-electron chi connectivity index (χ2n) is 8.46. The quantitative estimate of drug-likeness (QED) is 0.843. The average Bonchev–Trinajstić information content (AvgIpc) is 2.62. The normalized spacial score (nSPS) is 25.1. The van der Waals surface area contributed by atoms with Crippen LogP contribution in [0.5, 0.6) is 0 Å². The molecule has 2 amide bonds. The molecule has 0 radical (unpaired) electrons. The van der Waals surface area contributed by atoms with Gasteiger partial charge in [-0.15, -0.1) is 0 Å². The maximum Gasteiger partial charge on any atom is 0.317 e. The van der Waals surface area contributed by atoms with Gasteiger partial charge in [-0.25, -0.2) is 9.78 Å². The molecule has 0 unspecified atom stereocenters. The van der Waals surface area contributed by atoms with Gasteiger partial charge in [-0.1, -0.05) is 0 Å². The van der Waals surface area contributed by atoms with Crippen molar-refractivity contribution in [2.45, 2.75) is 64.0 Å². The van der Waals surface area contributed by atoms with Gasteiger partial charge in [0.1, 0.15) is 5.82 Å². The van der Waals surface area contributed by atoms with E-state index in [1.54, 1.807) is 6.20 Å². The topological polar surface area (TPSA) is 81.3 Å². The molecule has 1 aliphatic carbocycles. The van der Waals surface area contributed by atoms with Crippen molar-refractivity contribution in [1.82, 2.24) is 25.1 Å². The van der Waals surface area contributed by atoms with Gasteiger partial charge in [-0.2, -0.15) is 0 Å². The zero-order valence-electron chi connectivity index (χ0n) is 16.1. The molecule has 26 heavy (non-hydrogen) atoms. The van der Waals surface area contributed by atoms with Crippen LogP contribution in [-0.4, -0.2) is 63.6 Å². The number of nitrogens with one attached hydrogen (secondary N) is 2. The second kappa shape index (κ2) is 7.78. The predicted octanol–water partition coefficient (Wildman–Crippen LogP) is 1.92. The van der Waals surface area contributed by atoms with Gasteiger partial charge in [0.15, 0.2) is 0 Å². The van der Waals surface area contributed by atoms with E-state index >= 15 is 0 Å². The maximum atomic E-state index is 12.6. The molecule has 7 nitrogen and oxygen atoms in total. The smallest absolute Gasteiger partial charge is 0.317 e. The van der Waals surface area contributed by atoms with Crippen LogP contribution in [0.15, 0.2) is 17.1 Å². The SMILES string of the molecule is CC(C)(C)N1CCN(C(=O)NC2CCC(c3nccc(=O)[nH]3)CC2)CC1. The summed E-state index contributed by atoms with van der Waals surface area (Å²) in [4.78, 5) is 35.5. The maximum absolute atomic E-state index is 12.6. The largest absolute Gasteiger partial charge is 0.335 e. The molecule has 1 saturated heterocycles. The molecule has 3 rings (SSSR count). The van der Waals surface area contributed by atoms with Crippen LogP contribution in [0.4, 0.5) is 4.79 Å². The van der Waals surface area contributed by atoms with Crippen molar-refractivity contribution < 1.29 is 4.79 Å². The number of H-pyrrole nitrogens is 1. The van der Waals surface area contributed by atoms with Gasteiger partial charge >= 0.3 is 6.03 Å². The molecule has 2 heterocycles. The van der Waals surface area contributed by atoms with Gasteiger partial charge in [-0.05, 0) is 46.5 Å². The molecular weight excluding hydrogens is 330 g/mol. The summed E-state index contributed by atoms with van der Waals surface area (Å²) in [5, 5.41) is 3.20. The fourth-order valence-electron chi connectivity index (χ4n) is 3.95. The average molecular weight is 361 g/mol. The summed E-state index contributed by atoms with van der Waals surface area (Å²) in [5.74, 6) is 1.06. The second-order valence-corrected chi connectivity index (χ2v) is 8.46. The number of aromatic amines is 1. The molecule has 2 N–H and O–H groups in total. The molecule has 2 fully saturated rings. The monoisotopic (exact) mass is 361 g/mol. The van der Waals surface area contributed by atoms with E-state index in [0.717, 1.165) is 57.7 Å². The Morgan fingerprint density at radius 2 is 1.81 bits per heavy atom. The van der Waals surface area contributed by atoms with Crippen LogP contribution in [-0.2, 0) is 0 Å². The van der Waals surface area contributed by atoms with Gasteiger partial charge in [0.25, 0.3) is 5.56 Å². The summed E-state index contributed by atoms with van der Waals surface area (Å²) in [7, 11) is 0. The number of nitrogens with zero attached hydrogens (tertiary/aromatic N) is 3. The van der Waals surface area contributed by atoms with Crippen LogP contribution in [0.3, 0.4) is 0 Å². The Kier molecular flexibility index (Phi) is 5.65. The Morgan fingerprint density at radius 3 is 2.38 bits per heavy atom. The first-order valence-electron chi connectivity index (χ1n) is 9.68. The van der Waals surface area contributed by atoms with E-state index < -0.39 is 0 Å². The van der Waals surface area contributed by atoms with Crippen molar-refractivity contribution in [2.75, 3.05) is 26.2 Å². The minimum Gasteiger partial charge on any atom is -0.335 e. The fourth-order valence-corrected chi connectivity index (χ4v) is 3.95. The third-order valence-electron chi connectivity index (χ3n) is 5.65. The molecule has 1 aromatic heterocycles. The van der Waals surface area contributed by atoms with E-state index in [9.17, 15) is 9.59 Å².